The van der Waals surface area contributed by atoms with Crippen molar-refractivity contribution in [3.8, 4) is 6.07 Å². The quantitative estimate of drug-likeness (QED) is 0.906. The van der Waals surface area contributed by atoms with Crippen LogP contribution in [0.1, 0.15) is 24.8 Å². The molecule has 4 nitrogen and oxygen atoms in total. The molecule has 1 N–H and O–H groups in total. The van der Waals surface area contributed by atoms with Crippen LogP contribution in [-0.4, -0.2) is 30.4 Å². The number of nitrogens with one attached hydrogen (secondary N) is 1. The highest BCUT2D eigenvalue weighted by molar-refractivity contribution is 5.93. The maximum absolute atomic E-state index is 13.4. The third-order valence-corrected chi connectivity index (χ3v) is 3.22. The molecule has 1 amide bonds. The van der Waals surface area contributed by atoms with Crippen molar-refractivity contribution in [3.05, 3.63) is 29.6 Å². The molecule has 0 radical (unpaired) electrons. The van der Waals surface area contributed by atoms with Gasteiger partial charge in [-0.1, -0.05) is 12.5 Å². The number of benzene rings is 1. The van der Waals surface area contributed by atoms with Gasteiger partial charge in [-0.05, 0) is 38.1 Å². The Kier molecular flexibility index (Phi) is 4.48. The van der Waals surface area contributed by atoms with Crippen LogP contribution < -0.4 is 5.32 Å². The first-order valence-corrected chi connectivity index (χ1v) is 6.41. The van der Waals surface area contributed by atoms with E-state index in [1.807, 2.05) is 0 Å². The monoisotopic (exact) mass is 261 g/mol. The summed E-state index contributed by atoms with van der Waals surface area (Å²) in [5, 5.41) is 11.5. The van der Waals surface area contributed by atoms with Crippen LogP contribution in [0.3, 0.4) is 0 Å². The number of carbonyl (C=O) groups is 1. The molecule has 1 saturated heterocycles. The lowest BCUT2D eigenvalue weighted by molar-refractivity contribution is -0.117. The minimum Gasteiger partial charge on any atom is -0.324 e. The standard InChI is InChI=1S/C14H16FN3O/c15-12-5-4-6-13(11(12)9-16)17-14(19)10-18-7-2-1-3-8-18/h4-6H,1-3,7-8,10H2,(H,17,19). The summed E-state index contributed by atoms with van der Waals surface area (Å²) in [7, 11) is 0. The first-order valence-electron chi connectivity index (χ1n) is 6.41. The average Bonchev–Trinajstić information content (AvgIpc) is 2.40. The van der Waals surface area contributed by atoms with Crippen molar-refractivity contribution in [1.82, 2.24) is 4.90 Å². The lowest BCUT2D eigenvalue weighted by Crippen LogP contribution is -2.36. The topological polar surface area (TPSA) is 56.1 Å². The summed E-state index contributed by atoms with van der Waals surface area (Å²) >= 11 is 0. The molecule has 1 aliphatic heterocycles. The van der Waals surface area contributed by atoms with E-state index in [1.165, 1.54) is 24.6 Å². The second-order valence-corrected chi connectivity index (χ2v) is 4.66. The van der Waals surface area contributed by atoms with Crippen molar-refractivity contribution in [2.75, 3.05) is 25.0 Å². The first kappa shape index (κ1) is 13.5. The molecule has 19 heavy (non-hydrogen) atoms. The molecule has 0 aromatic heterocycles. The Bertz CT molecular complexity index is 504. The number of piperidine rings is 1. The summed E-state index contributed by atoms with van der Waals surface area (Å²) in [5.41, 5.74) is 0.124. The molecule has 0 saturated carbocycles. The van der Waals surface area contributed by atoms with Gasteiger partial charge in [0.25, 0.3) is 0 Å². The minimum absolute atomic E-state index is 0.116. The predicted molar refractivity (Wildman–Crippen MR) is 70.0 cm³/mol. The van der Waals surface area contributed by atoms with Crippen LogP contribution in [0, 0.1) is 17.1 Å². The summed E-state index contributed by atoms with van der Waals surface area (Å²) in [6, 6.07) is 5.99. The van der Waals surface area contributed by atoms with Gasteiger partial charge in [0.2, 0.25) is 5.91 Å². The largest absolute Gasteiger partial charge is 0.324 e. The van der Waals surface area contributed by atoms with Crippen LogP contribution in [0.4, 0.5) is 10.1 Å². The van der Waals surface area contributed by atoms with E-state index in [9.17, 15) is 9.18 Å². The molecule has 1 aromatic carbocycles. The highest BCUT2D eigenvalue weighted by atomic mass is 19.1. The predicted octanol–water partition coefficient (Wildman–Crippen LogP) is 2.12. The van der Waals surface area contributed by atoms with Crippen molar-refractivity contribution >= 4 is 11.6 Å². The number of nitriles is 1. The number of likely N-dealkylation sites (tertiary alicyclic amines) is 1. The van der Waals surface area contributed by atoms with Crippen molar-refractivity contribution in [3.63, 3.8) is 0 Å². The Morgan fingerprint density at radius 3 is 2.79 bits per heavy atom. The Morgan fingerprint density at radius 1 is 1.37 bits per heavy atom. The van der Waals surface area contributed by atoms with Gasteiger partial charge in [-0.15, -0.1) is 0 Å². The molecule has 0 spiro atoms. The van der Waals surface area contributed by atoms with Gasteiger partial charge in [0.15, 0.2) is 0 Å². The molecule has 100 valence electrons. The second kappa shape index (κ2) is 6.30. The van der Waals surface area contributed by atoms with E-state index in [0.717, 1.165) is 25.9 Å². The molecule has 0 unspecified atom stereocenters. The summed E-state index contributed by atoms with van der Waals surface area (Å²) < 4.78 is 13.4. The van der Waals surface area contributed by atoms with Gasteiger partial charge in [-0.3, -0.25) is 9.69 Å². The highest BCUT2D eigenvalue weighted by Gasteiger charge is 2.15. The summed E-state index contributed by atoms with van der Waals surface area (Å²) in [6.45, 7) is 2.13. The van der Waals surface area contributed by atoms with E-state index in [4.69, 9.17) is 5.26 Å². The van der Waals surface area contributed by atoms with E-state index in [0.29, 0.717) is 6.54 Å². The fourth-order valence-corrected chi connectivity index (χ4v) is 2.25. The number of anilines is 1. The molecule has 5 heteroatoms. The molecular weight excluding hydrogens is 245 g/mol. The Labute approximate surface area is 111 Å². The van der Waals surface area contributed by atoms with Crippen molar-refractivity contribution in [2.24, 2.45) is 0 Å². The van der Waals surface area contributed by atoms with E-state index >= 15 is 0 Å². The fraction of sp³-hybridized carbons (Fsp3) is 0.429. The van der Waals surface area contributed by atoms with Crippen molar-refractivity contribution in [1.29, 1.82) is 5.26 Å². The zero-order chi connectivity index (χ0) is 13.7. The Morgan fingerprint density at radius 2 is 2.11 bits per heavy atom. The van der Waals surface area contributed by atoms with Crippen LogP contribution in [-0.2, 0) is 4.79 Å². The molecule has 0 atom stereocenters. The number of amides is 1. The van der Waals surface area contributed by atoms with Gasteiger partial charge >= 0.3 is 0 Å². The van der Waals surface area contributed by atoms with Crippen LogP contribution in [0.2, 0.25) is 0 Å². The first-order chi connectivity index (χ1) is 9.20. The van der Waals surface area contributed by atoms with Gasteiger partial charge in [0.05, 0.1) is 12.2 Å². The Hall–Kier alpha value is -1.93. The molecular formula is C14H16FN3O. The van der Waals surface area contributed by atoms with E-state index in [-0.39, 0.29) is 17.2 Å². The molecule has 2 rings (SSSR count). The van der Waals surface area contributed by atoms with E-state index < -0.39 is 5.82 Å². The highest BCUT2D eigenvalue weighted by Crippen LogP contribution is 2.18. The van der Waals surface area contributed by atoms with Gasteiger partial charge in [0.1, 0.15) is 17.4 Å². The van der Waals surface area contributed by atoms with Gasteiger partial charge in [-0.25, -0.2) is 4.39 Å². The number of halogens is 1. The SMILES string of the molecule is N#Cc1c(F)cccc1NC(=O)CN1CCCCC1. The molecule has 0 bridgehead atoms. The number of hydrogen-bond acceptors (Lipinski definition) is 3. The number of carbonyl (C=O) groups excluding carboxylic acids is 1. The summed E-state index contributed by atoms with van der Waals surface area (Å²) in [5.74, 6) is -0.817. The summed E-state index contributed by atoms with van der Waals surface area (Å²) in [6.07, 6.45) is 3.42. The fourth-order valence-electron chi connectivity index (χ4n) is 2.25. The van der Waals surface area contributed by atoms with Crippen LogP contribution in [0.5, 0.6) is 0 Å². The van der Waals surface area contributed by atoms with Crippen LogP contribution in [0.25, 0.3) is 0 Å². The third kappa shape index (κ3) is 3.52. The molecule has 1 aliphatic rings. The van der Waals surface area contributed by atoms with Crippen LogP contribution >= 0.6 is 0 Å². The molecule has 1 aromatic rings. The van der Waals surface area contributed by atoms with Crippen molar-refractivity contribution in [2.45, 2.75) is 19.3 Å². The van der Waals surface area contributed by atoms with E-state index in [1.54, 1.807) is 6.07 Å². The van der Waals surface area contributed by atoms with Crippen LogP contribution in [0.15, 0.2) is 18.2 Å². The normalized spacial score (nSPS) is 15.8. The van der Waals surface area contributed by atoms with Gasteiger partial charge in [-0.2, -0.15) is 5.26 Å². The molecule has 1 fully saturated rings. The second-order valence-electron chi connectivity index (χ2n) is 4.66. The summed E-state index contributed by atoms with van der Waals surface area (Å²) in [4.78, 5) is 13.9. The number of hydrogen-bond donors (Lipinski definition) is 1. The molecule has 1 heterocycles. The Balaban J connectivity index is 1.99. The smallest absolute Gasteiger partial charge is 0.238 e. The van der Waals surface area contributed by atoms with Gasteiger partial charge < -0.3 is 5.32 Å². The van der Waals surface area contributed by atoms with Crippen molar-refractivity contribution < 1.29 is 9.18 Å². The minimum atomic E-state index is -0.613. The maximum atomic E-state index is 13.4. The van der Waals surface area contributed by atoms with Gasteiger partial charge in [0, 0.05) is 0 Å². The number of rotatable bonds is 3. The molecule has 0 aliphatic carbocycles. The lowest BCUT2D eigenvalue weighted by Gasteiger charge is -2.25. The zero-order valence-corrected chi connectivity index (χ0v) is 10.7. The third-order valence-electron chi connectivity index (χ3n) is 3.22. The number of nitrogens with zero attached hydrogens (tertiary/aromatic N) is 2. The van der Waals surface area contributed by atoms with E-state index in [2.05, 4.69) is 10.2 Å². The average molecular weight is 261 g/mol. The lowest BCUT2D eigenvalue weighted by atomic mass is 10.1. The maximum Gasteiger partial charge on any atom is 0.238 e. The zero-order valence-electron chi connectivity index (χ0n) is 10.7.